The largest absolute Gasteiger partial charge is 0.366 e. The molecule has 1 fully saturated rings. The zero-order valence-electron chi connectivity index (χ0n) is 11.6. The van der Waals surface area contributed by atoms with Crippen LogP contribution in [0.3, 0.4) is 0 Å². The van der Waals surface area contributed by atoms with E-state index < -0.39 is 21.5 Å². The topological polar surface area (TPSA) is 92.5 Å². The van der Waals surface area contributed by atoms with E-state index in [1.165, 1.54) is 28.6 Å². The van der Waals surface area contributed by atoms with Gasteiger partial charge in [-0.15, -0.1) is 0 Å². The zero-order valence-corrected chi connectivity index (χ0v) is 12.4. The van der Waals surface area contributed by atoms with Crippen molar-refractivity contribution in [2.75, 3.05) is 19.6 Å². The third kappa shape index (κ3) is 2.70. The highest BCUT2D eigenvalue weighted by atomic mass is 32.2. The molecule has 3 N–H and O–H groups in total. The minimum atomic E-state index is -3.57. The number of piperazine rings is 1. The minimum absolute atomic E-state index is 0.178. The molecule has 6 nitrogen and oxygen atoms in total. The van der Waals surface area contributed by atoms with Crippen LogP contribution < -0.4 is 11.1 Å². The first-order valence-electron chi connectivity index (χ1n) is 6.38. The second kappa shape index (κ2) is 5.16. The Balaban J connectivity index is 2.36. The molecule has 1 amide bonds. The molecule has 1 aliphatic rings. The van der Waals surface area contributed by atoms with Crippen LogP contribution in [0.1, 0.15) is 24.2 Å². The van der Waals surface area contributed by atoms with E-state index in [1.807, 2.05) is 13.8 Å². The maximum atomic E-state index is 12.7. The molecule has 110 valence electrons. The van der Waals surface area contributed by atoms with Gasteiger partial charge in [0.05, 0.1) is 4.90 Å². The van der Waals surface area contributed by atoms with Gasteiger partial charge in [-0.3, -0.25) is 4.79 Å². The standard InChI is InChI=1S/C13H19N3O3S/c1-13(2)9-15-7-8-16(13)20(18,19)11-5-3-10(4-6-11)12(14)17/h3-6,15H,7-9H2,1-2H3,(H2,14,17). The number of nitrogens with zero attached hydrogens (tertiary/aromatic N) is 1. The fourth-order valence-electron chi connectivity index (χ4n) is 2.33. The van der Waals surface area contributed by atoms with Crippen molar-refractivity contribution in [2.45, 2.75) is 24.3 Å². The number of hydrogen-bond donors (Lipinski definition) is 2. The summed E-state index contributed by atoms with van der Waals surface area (Å²) >= 11 is 0. The van der Waals surface area contributed by atoms with E-state index in [1.54, 1.807) is 0 Å². The highest BCUT2D eigenvalue weighted by molar-refractivity contribution is 7.89. The first kappa shape index (κ1) is 15.0. The maximum Gasteiger partial charge on any atom is 0.248 e. The van der Waals surface area contributed by atoms with Gasteiger partial charge in [0.2, 0.25) is 15.9 Å². The van der Waals surface area contributed by atoms with Crippen LogP contribution >= 0.6 is 0 Å². The van der Waals surface area contributed by atoms with Crippen molar-refractivity contribution in [2.24, 2.45) is 5.73 Å². The summed E-state index contributed by atoms with van der Waals surface area (Å²) in [5.74, 6) is -0.573. The molecule has 0 spiro atoms. The third-order valence-corrected chi connectivity index (χ3v) is 5.58. The van der Waals surface area contributed by atoms with Crippen LogP contribution in [0.5, 0.6) is 0 Å². The Morgan fingerprint density at radius 1 is 1.30 bits per heavy atom. The number of primary amides is 1. The van der Waals surface area contributed by atoms with Crippen LogP contribution in [0.2, 0.25) is 0 Å². The number of nitrogens with two attached hydrogens (primary N) is 1. The van der Waals surface area contributed by atoms with Crippen LogP contribution in [-0.2, 0) is 10.0 Å². The summed E-state index contributed by atoms with van der Waals surface area (Å²) in [4.78, 5) is 11.2. The smallest absolute Gasteiger partial charge is 0.248 e. The average molecular weight is 297 g/mol. The Labute approximate surface area is 119 Å². The molecule has 1 heterocycles. The van der Waals surface area contributed by atoms with Gasteiger partial charge in [0.1, 0.15) is 0 Å². The lowest BCUT2D eigenvalue weighted by Gasteiger charge is -2.41. The zero-order chi connectivity index (χ0) is 15.0. The summed E-state index contributed by atoms with van der Waals surface area (Å²) in [7, 11) is -3.57. The second-order valence-electron chi connectivity index (χ2n) is 5.46. The molecular formula is C13H19N3O3S. The van der Waals surface area contributed by atoms with Crippen LogP contribution in [0.15, 0.2) is 29.2 Å². The molecule has 0 atom stereocenters. The number of hydrogen-bond acceptors (Lipinski definition) is 4. The molecule has 1 aromatic carbocycles. The fourth-order valence-corrected chi connectivity index (χ4v) is 4.11. The third-order valence-electron chi connectivity index (χ3n) is 3.45. The van der Waals surface area contributed by atoms with Gasteiger partial charge in [-0.05, 0) is 38.1 Å². The Morgan fingerprint density at radius 3 is 2.40 bits per heavy atom. The molecule has 20 heavy (non-hydrogen) atoms. The van der Waals surface area contributed by atoms with Crippen molar-refractivity contribution < 1.29 is 13.2 Å². The van der Waals surface area contributed by atoms with E-state index >= 15 is 0 Å². The summed E-state index contributed by atoms with van der Waals surface area (Å²) in [6, 6.07) is 5.72. The summed E-state index contributed by atoms with van der Waals surface area (Å²) < 4.78 is 26.8. The summed E-state index contributed by atoms with van der Waals surface area (Å²) in [6.07, 6.45) is 0. The number of rotatable bonds is 3. The van der Waals surface area contributed by atoms with Gasteiger partial charge in [-0.2, -0.15) is 4.31 Å². The number of carbonyl (C=O) groups excluding carboxylic acids is 1. The monoisotopic (exact) mass is 297 g/mol. The number of benzene rings is 1. The molecule has 0 unspecified atom stereocenters. The predicted molar refractivity (Wildman–Crippen MR) is 75.8 cm³/mol. The number of carbonyl (C=O) groups is 1. The first-order chi connectivity index (χ1) is 9.25. The lowest BCUT2D eigenvalue weighted by Crippen LogP contribution is -2.59. The molecule has 0 radical (unpaired) electrons. The van der Waals surface area contributed by atoms with Crippen LogP contribution in [0.25, 0.3) is 0 Å². The van der Waals surface area contributed by atoms with E-state index in [0.29, 0.717) is 25.2 Å². The fraction of sp³-hybridized carbons (Fsp3) is 0.462. The van der Waals surface area contributed by atoms with Crippen molar-refractivity contribution in [3.8, 4) is 0 Å². The molecule has 0 aliphatic carbocycles. The summed E-state index contributed by atoms with van der Waals surface area (Å²) in [5.41, 5.74) is 4.96. The van der Waals surface area contributed by atoms with Gasteiger partial charge >= 0.3 is 0 Å². The second-order valence-corrected chi connectivity index (χ2v) is 7.32. The average Bonchev–Trinajstić information content (AvgIpc) is 2.38. The van der Waals surface area contributed by atoms with Crippen molar-refractivity contribution in [1.29, 1.82) is 0 Å². The molecule has 0 bridgehead atoms. The van der Waals surface area contributed by atoms with Gasteiger partial charge in [0.15, 0.2) is 0 Å². The molecular weight excluding hydrogens is 278 g/mol. The Kier molecular flexibility index (Phi) is 3.86. The van der Waals surface area contributed by atoms with Gasteiger partial charge in [0, 0.05) is 30.7 Å². The highest BCUT2D eigenvalue weighted by Crippen LogP contribution is 2.25. The van der Waals surface area contributed by atoms with Crippen molar-refractivity contribution in [1.82, 2.24) is 9.62 Å². The normalized spacial score (nSPS) is 19.7. The SMILES string of the molecule is CC1(C)CNCCN1S(=O)(=O)c1ccc(C(N)=O)cc1. The summed E-state index contributed by atoms with van der Waals surface area (Å²) in [5, 5.41) is 3.19. The van der Waals surface area contributed by atoms with Crippen LogP contribution in [-0.4, -0.2) is 43.8 Å². The number of sulfonamides is 1. The molecule has 0 aromatic heterocycles. The minimum Gasteiger partial charge on any atom is -0.366 e. The van der Waals surface area contributed by atoms with Gasteiger partial charge < -0.3 is 11.1 Å². The Bertz CT molecular complexity index is 608. The van der Waals surface area contributed by atoms with E-state index in [2.05, 4.69) is 5.32 Å². The van der Waals surface area contributed by atoms with E-state index in [9.17, 15) is 13.2 Å². The Hall–Kier alpha value is -1.44. The maximum absolute atomic E-state index is 12.7. The molecule has 1 saturated heterocycles. The van der Waals surface area contributed by atoms with Gasteiger partial charge in [0.25, 0.3) is 0 Å². The quantitative estimate of drug-likeness (QED) is 0.831. The summed E-state index contributed by atoms with van der Waals surface area (Å²) in [6.45, 7) is 5.42. The number of amides is 1. The van der Waals surface area contributed by atoms with Crippen molar-refractivity contribution in [3.05, 3.63) is 29.8 Å². The van der Waals surface area contributed by atoms with Gasteiger partial charge in [-0.1, -0.05) is 0 Å². The van der Waals surface area contributed by atoms with E-state index in [4.69, 9.17) is 5.73 Å². The molecule has 1 aromatic rings. The number of nitrogens with one attached hydrogen (secondary N) is 1. The molecule has 1 aliphatic heterocycles. The van der Waals surface area contributed by atoms with E-state index in [0.717, 1.165) is 0 Å². The van der Waals surface area contributed by atoms with Crippen LogP contribution in [0, 0.1) is 0 Å². The lowest BCUT2D eigenvalue weighted by molar-refractivity contribution is 0.1000. The molecule has 7 heteroatoms. The predicted octanol–water partition coefficient (Wildman–Crippen LogP) is 0.158. The van der Waals surface area contributed by atoms with Gasteiger partial charge in [-0.25, -0.2) is 8.42 Å². The first-order valence-corrected chi connectivity index (χ1v) is 7.82. The molecule has 2 rings (SSSR count). The Morgan fingerprint density at radius 2 is 1.90 bits per heavy atom. The lowest BCUT2D eigenvalue weighted by atomic mass is 10.0. The van der Waals surface area contributed by atoms with Crippen molar-refractivity contribution >= 4 is 15.9 Å². The van der Waals surface area contributed by atoms with E-state index in [-0.39, 0.29) is 4.90 Å². The highest BCUT2D eigenvalue weighted by Gasteiger charge is 2.38. The molecule has 0 saturated carbocycles. The van der Waals surface area contributed by atoms with Crippen molar-refractivity contribution in [3.63, 3.8) is 0 Å². The van der Waals surface area contributed by atoms with Crippen LogP contribution in [0.4, 0.5) is 0 Å².